The van der Waals surface area contributed by atoms with Gasteiger partial charge in [0, 0.05) is 53.6 Å². The molecule has 39 heavy (non-hydrogen) atoms. The number of oxazole rings is 1. The van der Waals surface area contributed by atoms with Gasteiger partial charge in [0.05, 0.1) is 16.3 Å². The normalized spacial score (nSPS) is 13.4. The lowest BCUT2D eigenvalue weighted by Crippen LogP contribution is -2.25. The number of hydrogen-bond acceptors (Lipinski definition) is 8. The molecule has 1 aliphatic rings. The van der Waals surface area contributed by atoms with E-state index in [9.17, 15) is 9.59 Å². The minimum absolute atomic E-state index is 0.209. The molecular weight excluding hydrogens is 534 g/mol. The van der Waals surface area contributed by atoms with Crippen molar-refractivity contribution in [2.75, 3.05) is 18.9 Å². The van der Waals surface area contributed by atoms with Crippen LogP contribution in [0.25, 0.3) is 33.7 Å². The first kappa shape index (κ1) is 25.4. The van der Waals surface area contributed by atoms with Gasteiger partial charge in [0.1, 0.15) is 11.8 Å². The molecule has 4 heterocycles. The summed E-state index contributed by atoms with van der Waals surface area (Å²) in [6.07, 6.45) is 5.07. The average molecular weight is 558 g/mol. The predicted octanol–water partition coefficient (Wildman–Crippen LogP) is 6.34. The topological polar surface area (TPSA) is 101 Å². The Balaban J connectivity index is 1.33. The van der Waals surface area contributed by atoms with Crippen LogP contribution in [0.4, 0.5) is 5.69 Å². The van der Waals surface area contributed by atoms with Gasteiger partial charge in [-0.05, 0) is 55.8 Å². The van der Waals surface area contributed by atoms with Crippen LogP contribution in [0.5, 0.6) is 0 Å². The number of rotatable bonds is 5. The van der Waals surface area contributed by atoms with Crippen LogP contribution in [0.15, 0.2) is 47.1 Å². The summed E-state index contributed by atoms with van der Waals surface area (Å²) in [5.74, 6) is 0.154. The maximum atomic E-state index is 13.1. The van der Waals surface area contributed by atoms with Crippen LogP contribution < -0.4 is 5.32 Å². The van der Waals surface area contributed by atoms with Gasteiger partial charge in [0.2, 0.25) is 5.89 Å². The lowest BCUT2D eigenvalue weighted by atomic mass is 9.95. The maximum Gasteiger partial charge on any atom is 0.284 e. The zero-order chi connectivity index (χ0) is 27.3. The largest absolute Gasteiger partial charge is 0.434 e. The van der Waals surface area contributed by atoms with E-state index in [1.807, 2.05) is 32.0 Å². The van der Waals surface area contributed by atoms with Gasteiger partial charge in [-0.3, -0.25) is 14.6 Å². The van der Waals surface area contributed by atoms with Gasteiger partial charge in [-0.15, -0.1) is 11.3 Å². The fourth-order valence-electron chi connectivity index (χ4n) is 4.87. The highest BCUT2D eigenvalue weighted by molar-refractivity contribution is 7.13. The van der Waals surface area contributed by atoms with Crippen molar-refractivity contribution in [2.45, 2.75) is 26.8 Å². The number of carbonyl (C=O) groups excluding carboxylic acids is 2. The fourth-order valence-corrected chi connectivity index (χ4v) is 6.21. The lowest BCUT2D eigenvalue weighted by Gasteiger charge is -2.20. The smallest absolute Gasteiger partial charge is 0.284 e. The first-order valence-electron chi connectivity index (χ1n) is 12.4. The first-order chi connectivity index (χ1) is 18.8. The van der Waals surface area contributed by atoms with Gasteiger partial charge in [0.15, 0.2) is 10.6 Å². The number of likely N-dealkylation sites (N-methyl/N-ethyl adjacent to an activating group) is 1. The van der Waals surface area contributed by atoms with E-state index in [0.29, 0.717) is 43.8 Å². The van der Waals surface area contributed by atoms with Gasteiger partial charge in [-0.25, -0.2) is 9.97 Å². The molecule has 0 radical (unpaired) electrons. The van der Waals surface area contributed by atoms with E-state index in [1.54, 1.807) is 24.5 Å². The summed E-state index contributed by atoms with van der Waals surface area (Å²) < 4.78 is 5.99. The second kappa shape index (κ2) is 10.00. The molecule has 0 unspecified atom stereocenters. The van der Waals surface area contributed by atoms with E-state index in [4.69, 9.17) is 16.0 Å². The van der Waals surface area contributed by atoms with E-state index >= 15 is 0 Å². The number of aldehydes is 1. The number of pyridine rings is 1. The second-order valence-corrected chi connectivity index (χ2v) is 11.1. The molecule has 8 nitrogen and oxygen atoms in total. The van der Waals surface area contributed by atoms with E-state index in [-0.39, 0.29) is 5.91 Å². The number of halogens is 1. The summed E-state index contributed by atoms with van der Waals surface area (Å²) in [5, 5.41) is 3.86. The van der Waals surface area contributed by atoms with Crippen molar-refractivity contribution in [1.29, 1.82) is 0 Å². The number of benzene rings is 2. The van der Waals surface area contributed by atoms with Gasteiger partial charge >= 0.3 is 0 Å². The van der Waals surface area contributed by atoms with Crippen molar-refractivity contribution in [3.8, 4) is 22.6 Å². The molecule has 0 saturated heterocycles. The third-order valence-corrected chi connectivity index (χ3v) is 8.40. The number of nitrogens with zero attached hydrogens (tertiary/aromatic N) is 4. The Labute approximate surface area is 233 Å². The zero-order valence-corrected chi connectivity index (χ0v) is 23.1. The van der Waals surface area contributed by atoms with Crippen molar-refractivity contribution in [3.63, 3.8) is 0 Å². The van der Waals surface area contributed by atoms with Crippen LogP contribution in [0.3, 0.4) is 0 Å². The summed E-state index contributed by atoms with van der Waals surface area (Å²) in [7, 11) is 2.08. The summed E-state index contributed by atoms with van der Waals surface area (Å²) in [4.78, 5) is 41.4. The van der Waals surface area contributed by atoms with E-state index in [0.717, 1.165) is 58.6 Å². The van der Waals surface area contributed by atoms with Crippen molar-refractivity contribution in [3.05, 3.63) is 80.0 Å². The molecule has 2 aromatic carbocycles. The molecule has 0 bridgehead atoms. The Morgan fingerprint density at radius 3 is 2.77 bits per heavy atom. The van der Waals surface area contributed by atoms with Gasteiger partial charge < -0.3 is 14.6 Å². The average Bonchev–Trinajstić information content (AvgIpc) is 3.54. The maximum absolute atomic E-state index is 13.1. The molecule has 0 aliphatic carbocycles. The Morgan fingerprint density at radius 1 is 1.13 bits per heavy atom. The van der Waals surface area contributed by atoms with Crippen molar-refractivity contribution >= 4 is 51.9 Å². The second-order valence-electron chi connectivity index (χ2n) is 9.66. The molecule has 0 spiro atoms. The highest BCUT2D eigenvalue weighted by atomic mass is 35.5. The van der Waals surface area contributed by atoms with E-state index in [2.05, 4.69) is 32.2 Å². The molecule has 0 atom stereocenters. The van der Waals surface area contributed by atoms with Crippen LogP contribution in [0, 0.1) is 13.8 Å². The standard InChI is InChI=1S/C29H24ClN5O3S/c1-15-19(11-31-12-20(15)28-33-24-10-17(14-36)9-21(30)26(24)38-28)18-5-4-6-22(16(18)2)32-27(37)29-34-23-7-8-35(3)13-25(23)39-29/h4-6,9-12,14H,7-8,13H2,1-3H3,(H,32,37). The number of nitrogens with one attached hydrogen (secondary N) is 1. The number of carbonyl (C=O) groups is 2. The molecule has 1 aliphatic heterocycles. The SMILES string of the molecule is Cc1c(NC(=O)c2nc3c(s2)CN(C)CC3)cccc1-c1cncc(-c2nc3cc(C=O)cc(Cl)c3o2)c1C. The minimum Gasteiger partial charge on any atom is -0.434 e. The van der Waals surface area contributed by atoms with Crippen molar-refractivity contribution < 1.29 is 14.0 Å². The summed E-state index contributed by atoms with van der Waals surface area (Å²) >= 11 is 7.78. The third kappa shape index (κ3) is 4.63. The number of fused-ring (bicyclic) bond motifs is 2. The monoisotopic (exact) mass is 557 g/mol. The van der Waals surface area contributed by atoms with Crippen LogP contribution in [-0.4, -0.2) is 45.6 Å². The Morgan fingerprint density at radius 2 is 1.95 bits per heavy atom. The van der Waals surface area contributed by atoms with Gasteiger partial charge in [-0.1, -0.05) is 23.7 Å². The Kier molecular flexibility index (Phi) is 6.50. The van der Waals surface area contributed by atoms with Gasteiger partial charge in [-0.2, -0.15) is 0 Å². The summed E-state index contributed by atoms with van der Waals surface area (Å²) in [5.41, 5.74) is 7.41. The third-order valence-electron chi connectivity index (χ3n) is 7.04. The molecule has 1 N–H and O–H groups in total. The molecule has 10 heteroatoms. The van der Waals surface area contributed by atoms with Crippen LogP contribution in [0.1, 0.15) is 41.9 Å². The molecule has 3 aromatic heterocycles. The Bertz CT molecular complexity index is 1780. The number of aromatic nitrogens is 3. The first-order valence-corrected chi connectivity index (χ1v) is 13.6. The highest BCUT2D eigenvalue weighted by Gasteiger charge is 2.23. The number of thiazole rings is 1. The number of anilines is 1. The molecule has 0 fully saturated rings. The molecule has 196 valence electrons. The minimum atomic E-state index is -0.209. The molecular formula is C29H24ClN5O3S. The summed E-state index contributed by atoms with van der Waals surface area (Å²) in [6.45, 7) is 5.71. The van der Waals surface area contributed by atoms with Crippen LogP contribution >= 0.6 is 22.9 Å². The van der Waals surface area contributed by atoms with E-state index in [1.165, 1.54) is 11.3 Å². The van der Waals surface area contributed by atoms with Crippen LogP contribution in [0.2, 0.25) is 5.02 Å². The number of amides is 1. The Hall–Kier alpha value is -3.92. The quantitative estimate of drug-likeness (QED) is 0.252. The van der Waals surface area contributed by atoms with Crippen molar-refractivity contribution in [2.24, 2.45) is 0 Å². The zero-order valence-electron chi connectivity index (χ0n) is 21.5. The van der Waals surface area contributed by atoms with Crippen molar-refractivity contribution in [1.82, 2.24) is 19.9 Å². The predicted molar refractivity (Wildman–Crippen MR) is 153 cm³/mol. The molecule has 6 rings (SSSR count). The summed E-state index contributed by atoms with van der Waals surface area (Å²) in [6, 6.07) is 8.98. The highest BCUT2D eigenvalue weighted by Crippen LogP contribution is 2.37. The lowest BCUT2D eigenvalue weighted by molar-refractivity contribution is 0.102. The van der Waals surface area contributed by atoms with E-state index < -0.39 is 0 Å². The molecule has 0 saturated carbocycles. The number of hydrogen-bond donors (Lipinski definition) is 1. The molecule has 5 aromatic rings. The van der Waals surface area contributed by atoms with Crippen LogP contribution in [-0.2, 0) is 13.0 Å². The molecule has 1 amide bonds. The van der Waals surface area contributed by atoms with Gasteiger partial charge in [0.25, 0.3) is 5.91 Å². The fraction of sp³-hybridized carbons (Fsp3) is 0.207.